The number of ether oxygens (including phenoxy) is 1. The van der Waals surface area contributed by atoms with Gasteiger partial charge in [-0.2, -0.15) is 0 Å². The first-order chi connectivity index (χ1) is 10.7. The predicted octanol–water partition coefficient (Wildman–Crippen LogP) is 4.22. The van der Waals surface area contributed by atoms with E-state index >= 15 is 0 Å². The fourth-order valence-electron chi connectivity index (χ4n) is 2.73. The first-order valence-electron chi connectivity index (χ1n) is 8.84. The van der Waals surface area contributed by atoms with Gasteiger partial charge in [0.05, 0.1) is 12.7 Å². The van der Waals surface area contributed by atoms with Crippen LogP contribution in [0.15, 0.2) is 18.2 Å². The van der Waals surface area contributed by atoms with Gasteiger partial charge in [0.1, 0.15) is 5.75 Å². The zero-order valence-electron chi connectivity index (χ0n) is 15.7. The number of aliphatic hydroxyl groups is 1. The summed E-state index contributed by atoms with van der Waals surface area (Å²) >= 11 is 0. The fourth-order valence-corrected chi connectivity index (χ4v) is 2.73. The van der Waals surface area contributed by atoms with Gasteiger partial charge >= 0.3 is 0 Å². The third-order valence-electron chi connectivity index (χ3n) is 4.18. The molecule has 0 aliphatic rings. The van der Waals surface area contributed by atoms with Crippen molar-refractivity contribution in [2.45, 2.75) is 71.8 Å². The van der Waals surface area contributed by atoms with Gasteiger partial charge in [-0.15, -0.1) is 0 Å². The van der Waals surface area contributed by atoms with Crippen LogP contribution in [-0.2, 0) is 5.41 Å². The van der Waals surface area contributed by atoms with E-state index < -0.39 is 6.10 Å². The van der Waals surface area contributed by atoms with Gasteiger partial charge in [-0.25, -0.2) is 0 Å². The Bertz CT molecular complexity index is 477. The lowest BCUT2D eigenvalue weighted by Crippen LogP contribution is -2.22. The molecule has 23 heavy (non-hydrogen) atoms. The molecule has 0 saturated heterocycles. The molecule has 0 aliphatic heterocycles. The lowest BCUT2D eigenvalue weighted by Gasteiger charge is -2.26. The van der Waals surface area contributed by atoms with Crippen molar-refractivity contribution in [2.24, 2.45) is 11.7 Å². The Hall–Kier alpha value is -1.06. The second kappa shape index (κ2) is 8.70. The highest BCUT2D eigenvalue weighted by Crippen LogP contribution is 2.36. The molecule has 0 heterocycles. The second-order valence-electron chi connectivity index (χ2n) is 7.94. The van der Waals surface area contributed by atoms with Crippen LogP contribution in [0.1, 0.15) is 71.4 Å². The predicted molar refractivity (Wildman–Crippen MR) is 98.2 cm³/mol. The largest absolute Gasteiger partial charge is 0.493 e. The number of hydrogen-bond donors (Lipinski definition) is 2. The van der Waals surface area contributed by atoms with Crippen molar-refractivity contribution in [2.75, 3.05) is 13.2 Å². The van der Waals surface area contributed by atoms with E-state index in [0.717, 1.165) is 18.8 Å². The molecule has 0 aromatic heterocycles. The van der Waals surface area contributed by atoms with Crippen LogP contribution in [0.25, 0.3) is 0 Å². The first kappa shape index (κ1) is 20.0. The molecule has 2 unspecified atom stereocenters. The molecule has 0 aliphatic carbocycles. The van der Waals surface area contributed by atoms with E-state index in [1.165, 1.54) is 11.1 Å². The molecule has 0 spiro atoms. The average Bonchev–Trinajstić information content (AvgIpc) is 2.49. The number of benzene rings is 1. The lowest BCUT2D eigenvalue weighted by molar-refractivity contribution is 0.162. The molecular weight excluding hydrogens is 286 g/mol. The number of nitrogens with two attached hydrogens (primary N) is 1. The second-order valence-corrected chi connectivity index (χ2v) is 7.94. The summed E-state index contributed by atoms with van der Waals surface area (Å²) in [4.78, 5) is 0. The fraction of sp³-hybridized carbons (Fsp3) is 0.700. The minimum Gasteiger partial charge on any atom is -0.493 e. The van der Waals surface area contributed by atoms with Gasteiger partial charge < -0.3 is 15.6 Å². The Labute approximate surface area is 142 Å². The highest BCUT2D eigenvalue weighted by Gasteiger charge is 2.22. The molecular formula is C20H35NO2. The van der Waals surface area contributed by atoms with Crippen LogP contribution in [0.3, 0.4) is 0 Å². The van der Waals surface area contributed by atoms with E-state index in [1.807, 2.05) is 0 Å². The van der Waals surface area contributed by atoms with Crippen molar-refractivity contribution in [1.82, 2.24) is 0 Å². The van der Waals surface area contributed by atoms with Gasteiger partial charge in [0.2, 0.25) is 0 Å². The Morgan fingerprint density at radius 1 is 1.22 bits per heavy atom. The standard InChI is InChI=1S/C20H35NO2/c1-7-15(10-17(22)12-21)16-8-9-19(23-13-14(2)3)18(11-16)20(4,5)6/h8-9,11,14-15,17,22H,7,10,12-13,21H2,1-6H3. The average molecular weight is 322 g/mol. The smallest absolute Gasteiger partial charge is 0.123 e. The van der Waals surface area contributed by atoms with Gasteiger partial charge in [-0.3, -0.25) is 0 Å². The van der Waals surface area contributed by atoms with E-state index in [2.05, 4.69) is 59.7 Å². The van der Waals surface area contributed by atoms with Crippen molar-refractivity contribution in [1.29, 1.82) is 0 Å². The van der Waals surface area contributed by atoms with E-state index in [9.17, 15) is 5.11 Å². The maximum absolute atomic E-state index is 9.90. The Kier molecular flexibility index (Phi) is 7.56. The summed E-state index contributed by atoms with van der Waals surface area (Å²) in [6.45, 7) is 14.2. The summed E-state index contributed by atoms with van der Waals surface area (Å²) in [7, 11) is 0. The van der Waals surface area contributed by atoms with Crippen LogP contribution in [0, 0.1) is 5.92 Å². The zero-order valence-corrected chi connectivity index (χ0v) is 15.7. The summed E-state index contributed by atoms with van der Waals surface area (Å²) in [6, 6.07) is 6.49. The van der Waals surface area contributed by atoms with Crippen molar-refractivity contribution in [3.05, 3.63) is 29.3 Å². The third kappa shape index (κ3) is 6.15. The van der Waals surface area contributed by atoms with Crippen molar-refractivity contribution >= 4 is 0 Å². The number of hydrogen-bond acceptors (Lipinski definition) is 3. The Morgan fingerprint density at radius 2 is 1.87 bits per heavy atom. The summed E-state index contributed by atoms with van der Waals surface area (Å²) < 4.78 is 6.03. The van der Waals surface area contributed by atoms with Crippen molar-refractivity contribution in [3.8, 4) is 5.75 Å². The Balaban J connectivity index is 3.11. The molecule has 0 fully saturated rings. The van der Waals surface area contributed by atoms with Crippen LogP contribution in [0.2, 0.25) is 0 Å². The molecule has 0 radical (unpaired) electrons. The zero-order chi connectivity index (χ0) is 17.6. The topological polar surface area (TPSA) is 55.5 Å². The molecule has 1 aromatic rings. The summed E-state index contributed by atoms with van der Waals surface area (Å²) in [5.74, 6) is 1.81. The maximum atomic E-state index is 9.90. The molecule has 0 bridgehead atoms. The SMILES string of the molecule is CCC(CC(O)CN)c1ccc(OCC(C)C)c(C(C)(C)C)c1. The number of aliphatic hydroxyl groups excluding tert-OH is 1. The van der Waals surface area contributed by atoms with Gasteiger partial charge in [-0.05, 0) is 47.3 Å². The molecule has 0 saturated carbocycles. The van der Waals surface area contributed by atoms with Crippen molar-refractivity contribution < 1.29 is 9.84 Å². The molecule has 0 amide bonds. The normalized spacial score (nSPS) is 14.8. The minimum atomic E-state index is -0.435. The van der Waals surface area contributed by atoms with Crippen LogP contribution in [0.4, 0.5) is 0 Å². The highest BCUT2D eigenvalue weighted by molar-refractivity contribution is 5.42. The van der Waals surface area contributed by atoms with Crippen LogP contribution in [0.5, 0.6) is 5.75 Å². The monoisotopic (exact) mass is 321 g/mol. The van der Waals surface area contributed by atoms with Crippen LogP contribution >= 0.6 is 0 Å². The molecule has 3 heteroatoms. The minimum absolute atomic E-state index is 0.0209. The van der Waals surface area contributed by atoms with Crippen molar-refractivity contribution in [3.63, 3.8) is 0 Å². The lowest BCUT2D eigenvalue weighted by atomic mass is 9.82. The maximum Gasteiger partial charge on any atom is 0.123 e. The quantitative estimate of drug-likeness (QED) is 0.753. The third-order valence-corrected chi connectivity index (χ3v) is 4.18. The van der Waals surface area contributed by atoms with Gasteiger partial charge in [0.25, 0.3) is 0 Å². The van der Waals surface area contributed by atoms with E-state index in [1.54, 1.807) is 0 Å². The van der Waals surface area contributed by atoms with E-state index in [-0.39, 0.29) is 5.41 Å². The van der Waals surface area contributed by atoms with Crippen LogP contribution in [-0.4, -0.2) is 24.4 Å². The molecule has 1 rings (SSSR count). The summed E-state index contributed by atoms with van der Waals surface area (Å²) in [5.41, 5.74) is 8.09. The van der Waals surface area contributed by atoms with Gasteiger partial charge in [-0.1, -0.05) is 53.7 Å². The number of rotatable bonds is 8. The summed E-state index contributed by atoms with van der Waals surface area (Å²) in [6.07, 6.45) is 1.27. The summed E-state index contributed by atoms with van der Waals surface area (Å²) in [5, 5.41) is 9.90. The molecule has 3 nitrogen and oxygen atoms in total. The molecule has 3 N–H and O–H groups in total. The van der Waals surface area contributed by atoms with Crippen LogP contribution < -0.4 is 10.5 Å². The first-order valence-corrected chi connectivity index (χ1v) is 8.84. The Morgan fingerprint density at radius 3 is 2.35 bits per heavy atom. The highest BCUT2D eigenvalue weighted by atomic mass is 16.5. The molecule has 2 atom stereocenters. The van der Waals surface area contributed by atoms with Gasteiger partial charge in [0, 0.05) is 6.54 Å². The molecule has 132 valence electrons. The van der Waals surface area contributed by atoms with Gasteiger partial charge in [0.15, 0.2) is 0 Å². The van der Waals surface area contributed by atoms with E-state index in [0.29, 0.717) is 24.8 Å². The molecule has 1 aromatic carbocycles. The van der Waals surface area contributed by atoms with E-state index in [4.69, 9.17) is 10.5 Å².